The average Bonchev–Trinajstić information content (AvgIpc) is 2.77. The van der Waals surface area contributed by atoms with E-state index in [0.717, 1.165) is 38.4 Å². The third-order valence-corrected chi connectivity index (χ3v) is 2.65. The van der Waals surface area contributed by atoms with Crippen LogP contribution in [0.25, 0.3) is 0 Å². The van der Waals surface area contributed by atoms with Gasteiger partial charge in [0.1, 0.15) is 5.82 Å². The van der Waals surface area contributed by atoms with Gasteiger partial charge in [-0.15, -0.1) is 0 Å². The van der Waals surface area contributed by atoms with Crippen molar-refractivity contribution < 1.29 is 4.74 Å². The number of hydrogen-bond donors (Lipinski definition) is 1. The minimum atomic E-state index is 0.301. The molecule has 92 valence electrons. The molecule has 0 aliphatic heterocycles. The maximum atomic E-state index is 5.15. The average molecular weight is 225 g/mol. The highest BCUT2D eigenvalue weighted by molar-refractivity contribution is 4.99. The van der Waals surface area contributed by atoms with Gasteiger partial charge < -0.3 is 14.6 Å². The molecule has 1 rings (SSSR count). The van der Waals surface area contributed by atoms with Crippen molar-refractivity contribution in [1.29, 1.82) is 0 Å². The molecule has 0 aliphatic carbocycles. The molecule has 0 aliphatic rings. The molecule has 0 spiro atoms. The van der Waals surface area contributed by atoms with Gasteiger partial charge in [0.05, 0.1) is 6.04 Å². The predicted molar refractivity (Wildman–Crippen MR) is 65.4 cm³/mol. The van der Waals surface area contributed by atoms with Crippen molar-refractivity contribution in [2.45, 2.75) is 39.3 Å². The second kappa shape index (κ2) is 7.41. The fourth-order valence-corrected chi connectivity index (χ4v) is 1.77. The van der Waals surface area contributed by atoms with Crippen molar-refractivity contribution in [3.63, 3.8) is 0 Å². The van der Waals surface area contributed by atoms with Crippen LogP contribution in [0.2, 0.25) is 0 Å². The van der Waals surface area contributed by atoms with Crippen molar-refractivity contribution in [2.24, 2.45) is 0 Å². The molecule has 1 unspecified atom stereocenters. The Hall–Kier alpha value is -0.870. The van der Waals surface area contributed by atoms with Gasteiger partial charge in [0.15, 0.2) is 0 Å². The number of rotatable bonds is 8. The van der Waals surface area contributed by atoms with E-state index in [2.05, 4.69) is 28.7 Å². The summed E-state index contributed by atoms with van der Waals surface area (Å²) in [6.07, 6.45) is 6.00. The number of methoxy groups -OCH3 is 1. The lowest BCUT2D eigenvalue weighted by atomic mass is 10.2. The molecule has 1 aromatic rings. The lowest BCUT2D eigenvalue weighted by Gasteiger charge is -2.18. The number of aryl methyl sites for hydroxylation is 1. The highest BCUT2D eigenvalue weighted by Gasteiger charge is 2.15. The lowest BCUT2D eigenvalue weighted by molar-refractivity contribution is 0.181. The van der Waals surface area contributed by atoms with Gasteiger partial charge in [0, 0.05) is 32.7 Å². The minimum absolute atomic E-state index is 0.301. The molecule has 0 bridgehead atoms. The first kappa shape index (κ1) is 13.2. The summed E-state index contributed by atoms with van der Waals surface area (Å²) in [5.41, 5.74) is 0. The second-order valence-corrected chi connectivity index (χ2v) is 3.86. The summed E-state index contributed by atoms with van der Waals surface area (Å²) in [4.78, 5) is 4.44. The molecule has 4 nitrogen and oxygen atoms in total. The van der Waals surface area contributed by atoms with Gasteiger partial charge in [-0.05, 0) is 26.3 Å². The third kappa shape index (κ3) is 3.61. The zero-order chi connectivity index (χ0) is 11.8. The van der Waals surface area contributed by atoms with E-state index >= 15 is 0 Å². The topological polar surface area (TPSA) is 39.1 Å². The molecule has 1 atom stereocenters. The minimum Gasteiger partial charge on any atom is -0.385 e. The quantitative estimate of drug-likeness (QED) is 0.735. The van der Waals surface area contributed by atoms with Crippen LogP contribution in [-0.2, 0) is 11.3 Å². The molecule has 16 heavy (non-hydrogen) atoms. The van der Waals surface area contributed by atoms with Crippen LogP contribution in [-0.4, -0.2) is 29.8 Å². The van der Waals surface area contributed by atoms with E-state index in [0.29, 0.717) is 6.04 Å². The van der Waals surface area contributed by atoms with E-state index in [1.54, 1.807) is 7.11 Å². The highest BCUT2D eigenvalue weighted by atomic mass is 16.5. The number of hydrogen-bond acceptors (Lipinski definition) is 3. The molecule has 0 fully saturated rings. The molecular formula is C12H23N3O. The van der Waals surface area contributed by atoms with Crippen LogP contribution in [0.5, 0.6) is 0 Å². The molecule has 0 aromatic carbocycles. The number of aromatic nitrogens is 2. The van der Waals surface area contributed by atoms with Crippen LogP contribution >= 0.6 is 0 Å². The van der Waals surface area contributed by atoms with E-state index in [-0.39, 0.29) is 0 Å². The smallest absolute Gasteiger partial charge is 0.125 e. The molecular weight excluding hydrogens is 202 g/mol. The van der Waals surface area contributed by atoms with E-state index in [4.69, 9.17) is 4.74 Å². The summed E-state index contributed by atoms with van der Waals surface area (Å²) in [6, 6.07) is 0.301. The van der Waals surface area contributed by atoms with Gasteiger partial charge in [-0.25, -0.2) is 4.98 Å². The van der Waals surface area contributed by atoms with Crippen molar-refractivity contribution in [1.82, 2.24) is 14.9 Å². The van der Waals surface area contributed by atoms with Gasteiger partial charge in [-0.1, -0.05) is 6.92 Å². The molecule has 0 saturated heterocycles. The Morgan fingerprint density at radius 1 is 1.50 bits per heavy atom. The summed E-state index contributed by atoms with van der Waals surface area (Å²) < 4.78 is 7.33. The number of imidazole rings is 1. The Morgan fingerprint density at radius 2 is 2.31 bits per heavy atom. The Bertz CT molecular complexity index is 278. The maximum absolute atomic E-state index is 5.15. The van der Waals surface area contributed by atoms with Crippen LogP contribution in [0.3, 0.4) is 0 Å². The number of ether oxygens (including phenoxy) is 1. The molecule has 0 radical (unpaired) electrons. The first-order chi connectivity index (χ1) is 7.83. The van der Waals surface area contributed by atoms with Crippen molar-refractivity contribution in [3.05, 3.63) is 18.2 Å². The largest absolute Gasteiger partial charge is 0.385 e. The molecule has 0 saturated carbocycles. The zero-order valence-corrected chi connectivity index (χ0v) is 10.6. The van der Waals surface area contributed by atoms with Crippen molar-refractivity contribution in [3.8, 4) is 0 Å². The summed E-state index contributed by atoms with van der Waals surface area (Å²) in [7, 11) is 1.74. The first-order valence-corrected chi connectivity index (χ1v) is 6.06. The summed E-state index contributed by atoms with van der Waals surface area (Å²) in [5, 5.41) is 3.52. The van der Waals surface area contributed by atoms with Gasteiger partial charge in [0.2, 0.25) is 0 Å². The Morgan fingerprint density at radius 3 is 2.94 bits per heavy atom. The summed E-state index contributed by atoms with van der Waals surface area (Å²) in [6.45, 7) is 7.06. The van der Waals surface area contributed by atoms with E-state index in [1.165, 1.54) is 0 Å². The molecule has 1 aromatic heterocycles. The lowest BCUT2D eigenvalue weighted by Crippen LogP contribution is -2.26. The maximum Gasteiger partial charge on any atom is 0.125 e. The van der Waals surface area contributed by atoms with Crippen LogP contribution in [0.1, 0.15) is 38.6 Å². The second-order valence-electron chi connectivity index (χ2n) is 3.86. The van der Waals surface area contributed by atoms with E-state index in [1.807, 2.05) is 12.4 Å². The van der Waals surface area contributed by atoms with E-state index in [9.17, 15) is 0 Å². The standard InChI is InChI=1S/C12H23N3O/c1-4-7-13-11(6-10-16-3)12-14-8-9-15(12)5-2/h8-9,11,13H,4-7,10H2,1-3H3. The Balaban J connectivity index is 2.66. The summed E-state index contributed by atoms with van der Waals surface area (Å²) in [5.74, 6) is 1.12. The normalized spacial score (nSPS) is 12.9. The molecule has 1 N–H and O–H groups in total. The zero-order valence-electron chi connectivity index (χ0n) is 10.6. The molecule has 0 amide bonds. The monoisotopic (exact) mass is 225 g/mol. The highest BCUT2D eigenvalue weighted by Crippen LogP contribution is 2.15. The van der Waals surface area contributed by atoms with Crippen molar-refractivity contribution >= 4 is 0 Å². The van der Waals surface area contributed by atoms with Crippen molar-refractivity contribution in [2.75, 3.05) is 20.3 Å². The fraction of sp³-hybridized carbons (Fsp3) is 0.750. The van der Waals surface area contributed by atoms with Gasteiger partial charge in [-0.3, -0.25) is 0 Å². The third-order valence-electron chi connectivity index (χ3n) is 2.65. The van der Waals surface area contributed by atoms with Crippen LogP contribution in [0.15, 0.2) is 12.4 Å². The van der Waals surface area contributed by atoms with Gasteiger partial charge in [0.25, 0.3) is 0 Å². The SMILES string of the molecule is CCCNC(CCOC)c1nccn1CC. The van der Waals surface area contributed by atoms with Gasteiger partial charge in [-0.2, -0.15) is 0 Å². The molecule has 1 heterocycles. The Kier molecular flexibility index (Phi) is 6.11. The van der Waals surface area contributed by atoms with Crippen LogP contribution in [0.4, 0.5) is 0 Å². The van der Waals surface area contributed by atoms with Crippen LogP contribution in [0, 0.1) is 0 Å². The van der Waals surface area contributed by atoms with Crippen LogP contribution < -0.4 is 5.32 Å². The van der Waals surface area contributed by atoms with E-state index < -0.39 is 0 Å². The summed E-state index contributed by atoms with van der Waals surface area (Å²) >= 11 is 0. The van der Waals surface area contributed by atoms with Gasteiger partial charge >= 0.3 is 0 Å². The fourth-order valence-electron chi connectivity index (χ4n) is 1.77. The predicted octanol–water partition coefficient (Wildman–Crippen LogP) is 1.98. The number of nitrogens with one attached hydrogen (secondary N) is 1. The Labute approximate surface area is 98.0 Å². The number of nitrogens with zero attached hydrogens (tertiary/aromatic N) is 2. The first-order valence-electron chi connectivity index (χ1n) is 6.06. The molecule has 4 heteroatoms.